The molecule has 3 atom stereocenters. The smallest absolute Gasteiger partial charge is 0.319 e. The van der Waals surface area contributed by atoms with Gasteiger partial charge in [-0.05, 0) is 67.8 Å². The van der Waals surface area contributed by atoms with Crippen LogP contribution >= 0.6 is 0 Å². The van der Waals surface area contributed by atoms with Crippen molar-refractivity contribution in [1.82, 2.24) is 29.5 Å². The second-order valence-corrected chi connectivity index (χ2v) is 17.8. The second kappa shape index (κ2) is 12.4. The number of aryl methyl sites for hydroxylation is 1. The number of aromatic nitrogens is 4. The average molecular weight is 782 g/mol. The highest BCUT2D eigenvalue weighted by Crippen LogP contribution is 2.65. The standard InChI is InChI=1S/C43H43F4N7O3/c1-3-29-32(44)7-4-25-12-28(55)13-30(33(25)29)34-36(45)38-35(31-17-51(2)50-37(31)34)39(54-26-5-6-27(54)16-53(15-26)14-24-18-56-19-24)49-40(48-38)57-23-41(8-9-41)21-52-11-10-42(22-52)20-43(42,46)47/h1,4,7,12-13,17,24,26-27,55H,5-6,8-11,14-16,18-23H2,2H3/t26-,27+,42?. The number of likely N-dealkylation sites (tertiary alicyclic amines) is 2. The van der Waals surface area contributed by atoms with E-state index in [1.165, 1.54) is 24.3 Å². The summed E-state index contributed by atoms with van der Waals surface area (Å²) in [5.74, 6) is -0.527. The van der Waals surface area contributed by atoms with Crippen LogP contribution in [0.3, 0.4) is 0 Å². The molecule has 2 bridgehead atoms. The number of nitrogens with zero attached hydrogens (tertiary/aromatic N) is 7. The Labute approximate surface area is 326 Å². The van der Waals surface area contributed by atoms with Gasteiger partial charge in [0, 0.05) is 92.1 Å². The molecule has 10 nitrogen and oxygen atoms in total. The van der Waals surface area contributed by atoms with Crippen LogP contribution in [0.1, 0.15) is 44.1 Å². The molecule has 11 rings (SSSR count). The van der Waals surface area contributed by atoms with E-state index >= 15 is 8.78 Å². The van der Waals surface area contributed by atoms with Crippen LogP contribution in [0.25, 0.3) is 43.7 Å². The number of piperazine rings is 1. The maximum Gasteiger partial charge on any atom is 0.319 e. The number of anilines is 1. The summed E-state index contributed by atoms with van der Waals surface area (Å²) in [4.78, 5) is 16.9. The normalized spacial score (nSPS) is 26.5. The average Bonchev–Trinajstić information content (AvgIpc) is 3.83. The lowest BCUT2D eigenvalue weighted by Crippen LogP contribution is -2.56. The van der Waals surface area contributed by atoms with E-state index in [0.717, 1.165) is 58.5 Å². The highest BCUT2D eigenvalue weighted by Gasteiger charge is 2.72. The molecule has 14 heteroatoms. The zero-order valence-electron chi connectivity index (χ0n) is 31.7. The van der Waals surface area contributed by atoms with Gasteiger partial charge in [-0.15, -0.1) is 6.42 Å². The minimum absolute atomic E-state index is 0.0244. The van der Waals surface area contributed by atoms with Gasteiger partial charge < -0.3 is 24.4 Å². The Kier molecular flexibility index (Phi) is 7.71. The van der Waals surface area contributed by atoms with E-state index in [1.807, 2.05) is 6.20 Å². The van der Waals surface area contributed by atoms with Crippen molar-refractivity contribution < 1.29 is 32.1 Å². The van der Waals surface area contributed by atoms with Gasteiger partial charge in [-0.3, -0.25) is 9.58 Å². The van der Waals surface area contributed by atoms with Crippen molar-refractivity contribution in [2.45, 2.75) is 56.5 Å². The van der Waals surface area contributed by atoms with Gasteiger partial charge in [0.15, 0.2) is 5.82 Å². The number of benzene rings is 3. The summed E-state index contributed by atoms with van der Waals surface area (Å²) in [6.45, 7) is 6.16. The Balaban J connectivity index is 1.04. The first-order chi connectivity index (χ1) is 27.4. The predicted molar refractivity (Wildman–Crippen MR) is 207 cm³/mol. The highest BCUT2D eigenvalue weighted by atomic mass is 19.3. The first-order valence-corrected chi connectivity index (χ1v) is 20.0. The van der Waals surface area contributed by atoms with Crippen LogP contribution in [0.2, 0.25) is 0 Å². The quantitative estimate of drug-likeness (QED) is 0.133. The second-order valence-electron chi connectivity index (χ2n) is 17.8. The van der Waals surface area contributed by atoms with E-state index in [1.54, 1.807) is 11.7 Å². The number of halogens is 4. The number of phenols is 1. The van der Waals surface area contributed by atoms with Crippen molar-refractivity contribution in [3.05, 3.63) is 47.7 Å². The number of alkyl halides is 2. The molecule has 1 N–H and O–H groups in total. The number of rotatable bonds is 9. The van der Waals surface area contributed by atoms with Gasteiger partial charge in [0.1, 0.15) is 28.4 Å². The van der Waals surface area contributed by atoms with E-state index in [0.29, 0.717) is 59.5 Å². The molecule has 2 saturated carbocycles. The Morgan fingerprint density at radius 2 is 1.79 bits per heavy atom. The molecule has 296 valence electrons. The van der Waals surface area contributed by atoms with Gasteiger partial charge >= 0.3 is 6.01 Å². The third-order valence-corrected chi connectivity index (χ3v) is 13.8. The van der Waals surface area contributed by atoms with E-state index in [-0.39, 0.29) is 69.9 Å². The van der Waals surface area contributed by atoms with E-state index < -0.39 is 23.0 Å². The van der Waals surface area contributed by atoms with Crippen LogP contribution in [0.5, 0.6) is 11.8 Å². The minimum Gasteiger partial charge on any atom is -0.508 e. The fraction of sp³-hybridized carbons (Fsp3) is 0.512. The van der Waals surface area contributed by atoms with Gasteiger partial charge in [-0.2, -0.15) is 15.1 Å². The van der Waals surface area contributed by atoms with Crippen molar-refractivity contribution in [3.63, 3.8) is 0 Å². The first kappa shape index (κ1) is 35.5. The van der Waals surface area contributed by atoms with Crippen LogP contribution in [0.15, 0.2) is 30.5 Å². The molecule has 2 aromatic heterocycles. The third-order valence-electron chi connectivity index (χ3n) is 13.8. The van der Waals surface area contributed by atoms with E-state index in [9.17, 15) is 13.9 Å². The summed E-state index contributed by atoms with van der Waals surface area (Å²) in [7, 11) is 1.76. The highest BCUT2D eigenvalue weighted by molar-refractivity contribution is 6.18. The summed E-state index contributed by atoms with van der Waals surface area (Å²) < 4.78 is 75.1. The lowest BCUT2D eigenvalue weighted by molar-refractivity contribution is -0.0484. The number of phenolic OH excluding ortho intramolecular Hbond substituents is 1. The molecule has 5 aromatic rings. The number of hydrogen-bond acceptors (Lipinski definition) is 9. The molecule has 2 aliphatic carbocycles. The molecule has 4 aliphatic heterocycles. The summed E-state index contributed by atoms with van der Waals surface area (Å²) >= 11 is 0. The van der Waals surface area contributed by atoms with Gasteiger partial charge in [0.05, 0.1) is 36.2 Å². The van der Waals surface area contributed by atoms with Crippen molar-refractivity contribution in [2.24, 2.45) is 23.8 Å². The molecular formula is C43H43F4N7O3. The zero-order valence-corrected chi connectivity index (χ0v) is 31.7. The maximum atomic E-state index is 17.8. The minimum atomic E-state index is -2.58. The Hall–Kier alpha value is -4.71. The summed E-state index contributed by atoms with van der Waals surface area (Å²) in [6.07, 6.45) is 11.8. The Bertz CT molecular complexity index is 2530. The number of terminal acetylenes is 1. The molecule has 0 radical (unpaired) electrons. The van der Waals surface area contributed by atoms with Crippen LogP contribution in [0, 0.1) is 40.7 Å². The molecule has 0 amide bonds. The van der Waals surface area contributed by atoms with Gasteiger partial charge in [-0.25, -0.2) is 17.6 Å². The molecular weight excluding hydrogens is 739 g/mol. The fourth-order valence-corrected chi connectivity index (χ4v) is 10.5. The number of fused-ring (bicyclic) bond motifs is 6. The lowest BCUT2D eigenvalue weighted by atomic mass is 9.91. The van der Waals surface area contributed by atoms with Gasteiger partial charge in [-0.1, -0.05) is 12.0 Å². The Morgan fingerprint density at radius 3 is 2.46 bits per heavy atom. The monoisotopic (exact) mass is 781 g/mol. The molecule has 6 aliphatic rings. The molecule has 6 fully saturated rings. The third kappa shape index (κ3) is 5.59. The van der Waals surface area contributed by atoms with Crippen molar-refractivity contribution in [2.75, 3.05) is 64.0 Å². The molecule has 6 heterocycles. The first-order valence-electron chi connectivity index (χ1n) is 20.0. The zero-order chi connectivity index (χ0) is 39.0. The molecule has 57 heavy (non-hydrogen) atoms. The van der Waals surface area contributed by atoms with Crippen molar-refractivity contribution >= 4 is 38.4 Å². The van der Waals surface area contributed by atoms with E-state index in [4.69, 9.17) is 31.0 Å². The summed E-state index contributed by atoms with van der Waals surface area (Å²) in [5, 5.41) is 17.5. The van der Waals surface area contributed by atoms with Crippen LogP contribution in [0.4, 0.5) is 23.4 Å². The van der Waals surface area contributed by atoms with Crippen molar-refractivity contribution in [3.8, 4) is 35.2 Å². The predicted octanol–water partition coefficient (Wildman–Crippen LogP) is 6.49. The van der Waals surface area contributed by atoms with Gasteiger partial charge in [0.25, 0.3) is 5.92 Å². The van der Waals surface area contributed by atoms with Gasteiger partial charge in [0.2, 0.25) is 0 Å². The topological polar surface area (TPSA) is 92.0 Å². The summed E-state index contributed by atoms with van der Waals surface area (Å²) in [5.41, 5.74) is -0.601. The SMILES string of the molecule is C#Cc1c(F)ccc2cc(O)cc(-c3c(F)c4nc(OCC5(CN6CCC7(C6)CC7(F)F)CC5)nc(N5[C@@H]6CC[C@H]5CN(CC5COC5)C6)c4c4cn(C)nc34)c12. The molecule has 4 saturated heterocycles. The number of hydrogen-bond donors (Lipinski definition) is 1. The maximum absolute atomic E-state index is 17.8. The van der Waals surface area contributed by atoms with E-state index in [2.05, 4.69) is 20.6 Å². The number of aromatic hydroxyl groups is 1. The largest absolute Gasteiger partial charge is 0.508 e. The number of ether oxygens (including phenoxy) is 2. The summed E-state index contributed by atoms with van der Waals surface area (Å²) in [6, 6.07) is 5.89. The van der Waals surface area contributed by atoms with Crippen LogP contribution in [-0.2, 0) is 11.8 Å². The Morgan fingerprint density at radius 1 is 1.02 bits per heavy atom. The molecule has 1 unspecified atom stereocenters. The van der Waals surface area contributed by atoms with Crippen molar-refractivity contribution in [1.29, 1.82) is 0 Å². The lowest BCUT2D eigenvalue weighted by Gasteiger charge is -2.44. The van der Waals surface area contributed by atoms with Crippen LogP contribution in [-0.4, -0.2) is 112 Å². The molecule has 1 spiro atoms. The fourth-order valence-electron chi connectivity index (χ4n) is 10.5. The molecule has 3 aromatic carbocycles. The van der Waals surface area contributed by atoms with Crippen LogP contribution < -0.4 is 9.64 Å².